The smallest absolute Gasteiger partial charge is 0.199 e. The van der Waals surface area contributed by atoms with Crippen LogP contribution >= 0.6 is 0 Å². The summed E-state index contributed by atoms with van der Waals surface area (Å²) in [4.78, 5) is 5.43. The minimum Gasteiger partial charge on any atom is -0.497 e. The number of hydrogen-bond donors (Lipinski definition) is 0. The Morgan fingerprint density at radius 2 is 1.50 bits per heavy atom. The number of oxime groups is 1. The van der Waals surface area contributed by atoms with Crippen molar-refractivity contribution in [2.75, 3.05) is 14.2 Å². The van der Waals surface area contributed by atoms with E-state index in [1.54, 1.807) is 14.2 Å². The van der Waals surface area contributed by atoms with Crippen molar-refractivity contribution in [3.63, 3.8) is 0 Å². The molecule has 0 aromatic heterocycles. The van der Waals surface area contributed by atoms with Crippen LogP contribution < -0.4 is 14.3 Å². The van der Waals surface area contributed by atoms with E-state index >= 15 is 0 Å². The molecule has 2 aromatic carbocycles. The van der Waals surface area contributed by atoms with Crippen LogP contribution in [0.15, 0.2) is 53.7 Å². The lowest BCUT2D eigenvalue weighted by molar-refractivity contribution is 0.311. The maximum Gasteiger partial charge on any atom is 0.199 e. The molecule has 0 bridgehead atoms. The van der Waals surface area contributed by atoms with Gasteiger partial charge in [-0.05, 0) is 48.9 Å². The predicted octanol–water partition coefficient (Wildman–Crippen LogP) is 3.51. The molecular formula is C16H17NO3. The summed E-state index contributed by atoms with van der Waals surface area (Å²) in [7, 11) is 3.24. The van der Waals surface area contributed by atoms with Crippen molar-refractivity contribution in [3.05, 3.63) is 54.1 Å². The highest BCUT2D eigenvalue weighted by Gasteiger charge is 2.03. The fraction of sp³-hybridized carbons (Fsp3) is 0.188. The number of para-hydroxylation sites is 2. The molecule has 0 aliphatic heterocycles. The molecule has 0 atom stereocenters. The zero-order valence-corrected chi connectivity index (χ0v) is 11.8. The third kappa shape index (κ3) is 3.29. The van der Waals surface area contributed by atoms with Gasteiger partial charge < -0.3 is 14.3 Å². The highest BCUT2D eigenvalue weighted by Crippen LogP contribution is 2.26. The molecule has 0 saturated carbocycles. The summed E-state index contributed by atoms with van der Waals surface area (Å²) in [5.41, 5.74) is 1.75. The zero-order valence-electron chi connectivity index (χ0n) is 11.8. The van der Waals surface area contributed by atoms with Crippen LogP contribution in [0.1, 0.15) is 12.5 Å². The summed E-state index contributed by atoms with van der Waals surface area (Å²) in [6.45, 7) is 1.89. The average molecular weight is 271 g/mol. The molecule has 104 valence electrons. The molecule has 0 spiro atoms. The van der Waals surface area contributed by atoms with Gasteiger partial charge in [0.15, 0.2) is 11.5 Å². The van der Waals surface area contributed by atoms with Crippen LogP contribution in [-0.4, -0.2) is 19.9 Å². The van der Waals surface area contributed by atoms with Gasteiger partial charge in [0.05, 0.1) is 19.9 Å². The largest absolute Gasteiger partial charge is 0.497 e. The third-order valence-corrected chi connectivity index (χ3v) is 2.86. The van der Waals surface area contributed by atoms with Crippen LogP contribution in [-0.2, 0) is 0 Å². The van der Waals surface area contributed by atoms with E-state index in [1.807, 2.05) is 55.5 Å². The zero-order chi connectivity index (χ0) is 14.4. The van der Waals surface area contributed by atoms with Crippen molar-refractivity contribution in [2.45, 2.75) is 6.92 Å². The third-order valence-electron chi connectivity index (χ3n) is 2.86. The quantitative estimate of drug-likeness (QED) is 0.617. The Bertz CT molecular complexity index is 591. The van der Waals surface area contributed by atoms with E-state index in [0.717, 1.165) is 17.0 Å². The lowest BCUT2D eigenvalue weighted by Crippen LogP contribution is -1.98. The minimum atomic E-state index is 0.586. The Morgan fingerprint density at radius 3 is 2.10 bits per heavy atom. The van der Waals surface area contributed by atoms with Crippen LogP contribution in [0.4, 0.5) is 0 Å². The monoisotopic (exact) mass is 271 g/mol. The van der Waals surface area contributed by atoms with Gasteiger partial charge in [-0.2, -0.15) is 0 Å². The molecule has 0 N–H and O–H groups in total. The molecule has 4 heteroatoms. The second kappa shape index (κ2) is 6.61. The Kier molecular flexibility index (Phi) is 4.60. The van der Waals surface area contributed by atoms with Crippen LogP contribution in [0.2, 0.25) is 0 Å². The Labute approximate surface area is 118 Å². The van der Waals surface area contributed by atoms with Crippen molar-refractivity contribution in [1.29, 1.82) is 0 Å². The average Bonchev–Trinajstić information content (AvgIpc) is 2.53. The summed E-state index contributed by atoms with van der Waals surface area (Å²) in [6, 6.07) is 15.0. The first-order chi connectivity index (χ1) is 9.74. The van der Waals surface area contributed by atoms with Crippen LogP contribution in [0, 0.1) is 0 Å². The summed E-state index contributed by atoms with van der Waals surface area (Å²) in [6.07, 6.45) is 0. The van der Waals surface area contributed by atoms with E-state index in [-0.39, 0.29) is 0 Å². The molecule has 0 radical (unpaired) electrons. The molecule has 0 fully saturated rings. The first-order valence-corrected chi connectivity index (χ1v) is 6.23. The summed E-state index contributed by atoms with van der Waals surface area (Å²) >= 11 is 0. The standard InChI is InChI=1S/C16H17NO3/c1-12(13-8-10-14(18-2)11-9-13)17-20-16-7-5-4-6-15(16)19-3/h4-11H,1-3H3/b17-12+. The van der Waals surface area contributed by atoms with Gasteiger partial charge in [-0.15, -0.1) is 0 Å². The van der Waals surface area contributed by atoms with E-state index in [0.29, 0.717) is 11.5 Å². The SMILES string of the molecule is COc1ccc(/C(C)=N/Oc2ccccc2OC)cc1. The maximum atomic E-state index is 5.43. The fourth-order valence-electron chi connectivity index (χ4n) is 1.70. The molecular weight excluding hydrogens is 254 g/mol. The summed E-state index contributed by atoms with van der Waals surface area (Å²) in [5, 5.41) is 4.12. The molecule has 0 saturated heterocycles. The second-order valence-electron chi connectivity index (χ2n) is 4.15. The van der Waals surface area contributed by atoms with Crippen molar-refractivity contribution < 1.29 is 14.3 Å². The molecule has 2 rings (SSSR count). The van der Waals surface area contributed by atoms with Crippen LogP contribution in [0.5, 0.6) is 17.2 Å². The minimum absolute atomic E-state index is 0.586. The topological polar surface area (TPSA) is 40.0 Å². The van der Waals surface area contributed by atoms with Crippen molar-refractivity contribution in [1.82, 2.24) is 0 Å². The molecule has 0 heterocycles. The fourth-order valence-corrected chi connectivity index (χ4v) is 1.70. The highest BCUT2D eigenvalue weighted by molar-refractivity contribution is 5.98. The lowest BCUT2D eigenvalue weighted by atomic mass is 10.1. The van der Waals surface area contributed by atoms with E-state index < -0.39 is 0 Å². The first-order valence-electron chi connectivity index (χ1n) is 6.23. The van der Waals surface area contributed by atoms with Gasteiger partial charge in [0.25, 0.3) is 0 Å². The number of methoxy groups -OCH3 is 2. The Hall–Kier alpha value is -2.49. The number of benzene rings is 2. The van der Waals surface area contributed by atoms with Crippen LogP contribution in [0.3, 0.4) is 0 Å². The summed E-state index contributed by atoms with van der Waals surface area (Å²) < 4.78 is 10.3. The Morgan fingerprint density at radius 1 is 0.850 bits per heavy atom. The number of ether oxygens (including phenoxy) is 2. The number of hydrogen-bond acceptors (Lipinski definition) is 4. The molecule has 20 heavy (non-hydrogen) atoms. The van der Waals surface area contributed by atoms with Crippen molar-refractivity contribution in [3.8, 4) is 17.2 Å². The lowest BCUT2D eigenvalue weighted by Gasteiger charge is -2.06. The van der Waals surface area contributed by atoms with Gasteiger partial charge in [-0.1, -0.05) is 17.3 Å². The highest BCUT2D eigenvalue weighted by atomic mass is 16.6. The number of nitrogens with zero attached hydrogens (tertiary/aromatic N) is 1. The van der Waals surface area contributed by atoms with Crippen molar-refractivity contribution in [2.24, 2.45) is 5.16 Å². The van der Waals surface area contributed by atoms with Crippen molar-refractivity contribution >= 4 is 5.71 Å². The first kappa shape index (κ1) is 13.9. The molecule has 4 nitrogen and oxygen atoms in total. The maximum absolute atomic E-state index is 5.43. The molecule has 2 aromatic rings. The Balaban J connectivity index is 2.13. The van der Waals surface area contributed by atoms with Gasteiger partial charge in [-0.25, -0.2) is 0 Å². The normalized spacial score (nSPS) is 11.1. The van der Waals surface area contributed by atoms with Gasteiger partial charge in [0.2, 0.25) is 0 Å². The molecule has 0 amide bonds. The van der Waals surface area contributed by atoms with Gasteiger partial charge in [-0.3, -0.25) is 0 Å². The van der Waals surface area contributed by atoms with Gasteiger partial charge in [0.1, 0.15) is 5.75 Å². The van der Waals surface area contributed by atoms with E-state index in [1.165, 1.54) is 0 Å². The molecule has 0 unspecified atom stereocenters. The van der Waals surface area contributed by atoms with Crippen LogP contribution in [0.25, 0.3) is 0 Å². The predicted molar refractivity (Wildman–Crippen MR) is 78.8 cm³/mol. The van der Waals surface area contributed by atoms with Gasteiger partial charge >= 0.3 is 0 Å². The number of rotatable bonds is 5. The van der Waals surface area contributed by atoms with E-state index in [4.69, 9.17) is 14.3 Å². The summed E-state index contributed by atoms with van der Waals surface area (Å²) in [5.74, 6) is 2.05. The second-order valence-corrected chi connectivity index (χ2v) is 4.15. The molecule has 0 aliphatic carbocycles. The van der Waals surface area contributed by atoms with E-state index in [2.05, 4.69) is 5.16 Å². The molecule has 0 aliphatic rings. The van der Waals surface area contributed by atoms with Gasteiger partial charge in [0, 0.05) is 0 Å². The van der Waals surface area contributed by atoms with E-state index in [9.17, 15) is 0 Å².